The monoisotopic (exact) mass is 1110 g/mol. The van der Waals surface area contributed by atoms with Crippen LogP contribution < -0.4 is 0 Å². The number of hydrogen-bond acceptors (Lipinski definition) is 37. The van der Waals surface area contributed by atoms with Gasteiger partial charge in [0.25, 0.3) is 0 Å². The molecule has 0 aromatic rings. The average Bonchev–Trinajstić information content (AvgIpc) is 3.45. The normalized spacial score (nSPS) is 18.9. The van der Waals surface area contributed by atoms with Crippen LogP contribution in [0, 0.1) is 0 Å². The number of carbonyl (C=O) groups excluding carboxylic acids is 8. The molecule has 0 heterocycles. The molecule has 29 N–H and O–H groups in total. The fourth-order valence-corrected chi connectivity index (χ4v) is 2.72. The second-order valence-corrected chi connectivity index (χ2v) is 13.5. The lowest BCUT2D eigenvalue weighted by atomic mass is 10.0. The first-order chi connectivity index (χ1) is 34.3. The highest BCUT2D eigenvalue weighted by molar-refractivity contribution is 5.58. The van der Waals surface area contributed by atoms with Gasteiger partial charge in [-0.15, -0.1) is 0 Å². The number of hydrogen-bond donors (Lipinski definition) is 29. The average molecular weight is 1110 g/mol. The van der Waals surface area contributed by atoms with Gasteiger partial charge in [-0.25, -0.2) is 0 Å². The van der Waals surface area contributed by atoms with Gasteiger partial charge in [-0.2, -0.15) is 0 Å². The van der Waals surface area contributed by atoms with Crippen molar-refractivity contribution in [2.75, 3.05) is 52.9 Å². The Labute approximate surface area is 417 Å². The van der Waals surface area contributed by atoms with Crippen molar-refractivity contribution in [2.45, 2.75) is 128 Å². The lowest BCUT2D eigenvalue weighted by Crippen LogP contribution is -2.46. The highest BCUT2D eigenvalue weighted by atomic mass is 16.4. The summed E-state index contributed by atoms with van der Waals surface area (Å²) in [5.74, 6) is 0. The molecule has 0 aliphatic rings. The largest absolute Gasteiger partial charge is 0.394 e. The number of carbonyl (C=O) groups is 8. The summed E-state index contributed by atoms with van der Waals surface area (Å²) in [6.07, 6.45) is -31.5. The Bertz CT molecular complexity index is 1180. The van der Waals surface area contributed by atoms with Gasteiger partial charge < -0.3 is 186 Å². The van der Waals surface area contributed by atoms with Gasteiger partial charge in [0.05, 0.1) is 52.9 Å². The maximum absolute atomic E-state index is 9.90. The van der Waals surface area contributed by atoms with E-state index in [4.69, 9.17) is 148 Å². The van der Waals surface area contributed by atoms with Crippen LogP contribution in [0.25, 0.3) is 0 Å². The van der Waals surface area contributed by atoms with E-state index in [0.29, 0.717) is 0 Å². The fourth-order valence-electron chi connectivity index (χ4n) is 2.72. The van der Waals surface area contributed by atoms with Crippen molar-refractivity contribution in [1.82, 2.24) is 0 Å². The number of aliphatic hydroxyl groups is 29. The van der Waals surface area contributed by atoms with Gasteiger partial charge >= 0.3 is 0 Å². The van der Waals surface area contributed by atoms with Crippen LogP contribution in [-0.2, 0) is 38.4 Å². The molecule has 0 saturated heterocycles. The minimum atomic E-state index is -1.79. The molecule has 37 heteroatoms. The molecule has 0 amide bonds. The van der Waals surface area contributed by atoms with E-state index in [0.717, 1.165) is 0 Å². The third-order valence-electron chi connectivity index (χ3n) is 7.49. The van der Waals surface area contributed by atoms with Gasteiger partial charge in [0.1, 0.15) is 128 Å². The molecule has 74 heavy (non-hydrogen) atoms. The van der Waals surface area contributed by atoms with Crippen LogP contribution in [0.5, 0.6) is 0 Å². The molecule has 21 atom stereocenters. The van der Waals surface area contributed by atoms with Crippen molar-refractivity contribution in [2.24, 2.45) is 0 Å². The zero-order chi connectivity index (χ0) is 60.4. The number of aldehydes is 8. The third-order valence-corrected chi connectivity index (χ3v) is 7.49. The highest BCUT2D eigenvalue weighted by Gasteiger charge is 2.30. The second kappa shape index (κ2) is 56.9. The standard InChI is InChI=1S/C6H12O6.4C5H10O5.2C4H8O4.C3H6O3/c7-1-3(9)5(11)6(12)4(10)2-8;4*6-1-3(8)5(10)4(9)2-7;2*5-1-3(7)4(8)2-6;4-1-3(6)2-5/h1,3-6,8-12H,2H2;4*1,3-5,7-10H,2H2;2*1,3-4,6-8H,2H2;1,3,5-6H,2H2/t3-,4+,5-,6+;3-,4+,5+;3-,4+,5-;3-,4-,5+;3-,4-,5-;3-,4+;3-,4-;/m0001101./s1. The van der Waals surface area contributed by atoms with Gasteiger partial charge in [0.2, 0.25) is 0 Å². The van der Waals surface area contributed by atoms with E-state index in [1.54, 1.807) is 0 Å². The Morgan fingerprint density at radius 3 is 0.459 bits per heavy atom. The molecule has 0 aliphatic heterocycles. The summed E-state index contributed by atoms with van der Waals surface area (Å²) in [4.78, 5) is 77.4. The molecule has 0 bridgehead atoms. The molecular weight excluding hydrogens is 1040 g/mol. The fraction of sp³-hybridized carbons (Fsp3) is 0.784. The summed E-state index contributed by atoms with van der Waals surface area (Å²) in [5, 5.41) is 245. The highest BCUT2D eigenvalue weighted by Crippen LogP contribution is 2.03. The molecule has 0 saturated carbocycles. The van der Waals surface area contributed by atoms with Crippen molar-refractivity contribution in [3.63, 3.8) is 0 Å². The van der Waals surface area contributed by atoms with Crippen LogP contribution in [0.3, 0.4) is 0 Å². The molecule has 0 aliphatic carbocycles. The smallest absolute Gasteiger partial charge is 0.151 e. The van der Waals surface area contributed by atoms with Crippen molar-refractivity contribution in [1.29, 1.82) is 0 Å². The Kier molecular flexibility index (Phi) is 66.8. The maximum atomic E-state index is 9.90. The summed E-state index contributed by atoms with van der Waals surface area (Å²) >= 11 is 0. The molecule has 0 aromatic carbocycles. The molecule has 0 spiro atoms. The minimum Gasteiger partial charge on any atom is -0.394 e. The van der Waals surface area contributed by atoms with Crippen molar-refractivity contribution < 1.29 is 186 Å². The Balaban J connectivity index is -0.000000113. The first-order valence-electron chi connectivity index (χ1n) is 20.1. The minimum absolute atomic E-state index is 0.0258. The molecule has 0 radical (unpaired) electrons. The first-order valence-corrected chi connectivity index (χ1v) is 20.1. The molecule has 0 fully saturated rings. The van der Waals surface area contributed by atoms with Crippen LogP contribution in [0.15, 0.2) is 0 Å². The van der Waals surface area contributed by atoms with Gasteiger partial charge in [0, 0.05) is 0 Å². The first kappa shape index (κ1) is 86.9. The Morgan fingerprint density at radius 1 is 0.189 bits per heavy atom. The van der Waals surface area contributed by atoms with E-state index in [1.807, 2.05) is 0 Å². The quantitative estimate of drug-likeness (QED) is 0.0309. The van der Waals surface area contributed by atoms with E-state index >= 15 is 0 Å². The second-order valence-electron chi connectivity index (χ2n) is 13.5. The van der Waals surface area contributed by atoms with Crippen LogP contribution in [0.2, 0.25) is 0 Å². The van der Waals surface area contributed by atoms with E-state index in [1.165, 1.54) is 0 Å². The van der Waals surface area contributed by atoms with Gasteiger partial charge in [-0.05, 0) is 0 Å². The number of aliphatic hydroxyl groups excluding tert-OH is 29. The zero-order valence-corrected chi connectivity index (χ0v) is 38.6. The lowest BCUT2D eigenvalue weighted by Gasteiger charge is -2.22. The zero-order valence-electron chi connectivity index (χ0n) is 38.6. The lowest BCUT2D eigenvalue weighted by molar-refractivity contribution is -0.136. The van der Waals surface area contributed by atoms with Crippen LogP contribution >= 0.6 is 0 Å². The molecule has 0 aromatic heterocycles. The Hall–Kier alpha value is -3.80. The molecule has 1 unspecified atom stereocenters. The summed E-state index contributed by atoms with van der Waals surface area (Å²) in [6.45, 7) is -5.19. The van der Waals surface area contributed by atoms with Crippen LogP contribution in [0.4, 0.5) is 0 Å². The van der Waals surface area contributed by atoms with Crippen molar-refractivity contribution in [3.05, 3.63) is 0 Å². The van der Waals surface area contributed by atoms with E-state index in [-0.39, 0.29) is 50.3 Å². The van der Waals surface area contributed by atoms with E-state index in [9.17, 15) is 38.4 Å². The van der Waals surface area contributed by atoms with Crippen LogP contribution in [0.1, 0.15) is 0 Å². The summed E-state index contributed by atoms with van der Waals surface area (Å²) in [6, 6.07) is 0. The summed E-state index contributed by atoms with van der Waals surface area (Å²) in [5.41, 5.74) is 0. The van der Waals surface area contributed by atoms with Gasteiger partial charge in [-0.1, -0.05) is 0 Å². The SMILES string of the molecule is O=CC(O)CO.O=C[C@@H](O)[C@@H](O)[C@H](O)CO.O=C[C@@H](O)[C@H](O)CO.O=C[C@@H](O)[C@H](O)[C@H](O)CO.O=C[C@H](O)[C@@H](O)[C@H](O)CO.O=C[C@H](O)[C@H](O)CO.O=C[C@H](O)[C@H](O)[C@H](O)CO.O=C[C@H](O)[C@H](O)[C@H](O)[C@H](O)CO. The summed E-state index contributed by atoms with van der Waals surface area (Å²) < 4.78 is 0. The predicted molar refractivity (Wildman–Crippen MR) is 231 cm³/mol. The Morgan fingerprint density at radius 2 is 0.351 bits per heavy atom. The van der Waals surface area contributed by atoms with Crippen molar-refractivity contribution >= 4 is 50.3 Å². The van der Waals surface area contributed by atoms with Gasteiger partial charge in [-0.3, -0.25) is 0 Å². The summed E-state index contributed by atoms with van der Waals surface area (Å²) in [7, 11) is 0. The maximum Gasteiger partial charge on any atom is 0.151 e. The topological polar surface area (TPSA) is 723 Å². The van der Waals surface area contributed by atoms with Crippen molar-refractivity contribution in [3.8, 4) is 0 Å². The molecule has 0 rings (SSSR count). The van der Waals surface area contributed by atoms with E-state index in [2.05, 4.69) is 0 Å². The number of rotatable bonds is 29. The predicted octanol–water partition coefficient (Wildman–Crippen LogP) is -20.0. The van der Waals surface area contributed by atoms with Gasteiger partial charge in [0.15, 0.2) is 50.3 Å². The molecule has 37 nitrogen and oxygen atoms in total. The molecule has 444 valence electrons. The van der Waals surface area contributed by atoms with E-state index < -0.39 is 181 Å². The van der Waals surface area contributed by atoms with Crippen LogP contribution in [-0.4, -0.2) is 379 Å². The molecular formula is C37H74O37. The third kappa shape index (κ3) is 47.9.